The van der Waals surface area contributed by atoms with E-state index in [0.29, 0.717) is 12.0 Å². The summed E-state index contributed by atoms with van der Waals surface area (Å²) in [5.41, 5.74) is 1.26. The highest BCUT2D eigenvalue weighted by Gasteiger charge is 2.30. The van der Waals surface area contributed by atoms with Crippen LogP contribution in [0.1, 0.15) is 57.9 Å². The van der Waals surface area contributed by atoms with E-state index in [2.05, 4.69) is 30.2 Å². The first-order valence-corrected chi connectivity index (χ1v) is 8.94. The molecule has 3 heteroatoms. The second-order valence-electron chi connectivity index (χ2n) is 6.46. The topological polar surface area (TPSA) is 24.9 Å². The van der Waals surface area contributed by atoms with Crippen LogP contribution in [0.25, 0.3) is 0 Å². The molecule has 1 aromatic rings. The van der Waals surface area contributed by atoms with Crippen molar-refractivity contribution in [1.29, 1.82) is 0 Å². The monoisotopic (exact) mass is 308 g/mol. The molecule has 0 aromatic carbocycles. The Hall–Kier alpha value is -0.600. The Balaban J connectivity index is 2.03. The molecule has 1 aromatic heterocycles. The van der Waals surface area contributed by atoms with E-state index in [4.69, 9.17) is 11.6 Å². The van der Waals surface area contributed by atoms with E-state index in [9.17, 15) is 0 Å². The number of nitrogens with one attached hydrogen (secondary N) is 1. The first kappa shape index (κ1) is 16.8. The first-order valence-electron chi connectivity index (χ1n) is 8.56. The van der Waals surface area contributed by atoms with Gasteiger partial charge < -0.3 is 5.32 Å². The van der Waals surface area contributed by atoms with E-state index in [1.165, 1.54) is 44.1 Å². The average Bonchev–Trinajstić information content (AvgIpc) is 2.49. The van der Waals surface area contributed by atoms with Crippen LogP contribution in [0.5, 0.6) is 0 Å². The zero-order chi connectivity index (χ0) is 15.1. The van der Waals surface area contributed by atoms with Crippen LogP contribution < -0.4 is 5.32 Å². The van der Waals surface area contributed by atoms with Gasteiger partial charge >= 0.3 is 0 Å². The summed E-state index contributed by atoms with van der Waals surface area (Å²) in [5, 5.41) is 4.59. The van der Waals surface area contributed by atoms with Crippen molar-refractivity contribution in [3.63, 3.8) is 0 Å². The lowest BCUT2D eigenvalue weighted by Crippen LogP contribution is -2.42. The van der Waals surface area contributed by atoms with E-state index in [1.54, 1.807) is 6.20 Å². The number of hydrogen-bond acceptors (Lipinski definition) is 2. The van der Waals surface area contributed by atoms with E-state index in [0.717, 1.165) is 23.9 Å². The first-order chi connectivity index (χ1) is 10.2. The van der Waals surface area contributed by atoms with Gasteiger partial charge in [-0.3, -0.25) is 4.98 Å². The lowest BCUT2D eigenvalue weighted by atomic mass is 9.74. The average molecular weight is 309 g/mol. The highest BCUT2D eigenvalue weighted by atomic mass is 35.5. The molecule has 21 heavy (non-hydrogen) atoms. The van der Waals surface area contributed by atoms with Gasteiger partial charge in [0.2, 0.25) is 0 Å². The maximum absolute atomic E-state index is 6.31. The fourth-order valence-corrected chi connectivity index (χ4v) is 3.90. The van der Waals surface area contributed by atoms with Gasteiger partial charge in [0.15, 0.2) is 0 Å². The summed E-state index contributed by atoms with van der Waals surface area (Å²) < 4.78 is 0. The number of nitrogens with zero attached hydrogens (tertiary/aromatic N) is 1. The number of hydrogen-bond donors (Lipinski definition) is 1. The molecule has 3 unspecified atom stereocenters. The highest BCUT2D eigenvalue weighted by Crippen LogP contribution is 2.35. The summed E-state index contributed by atoms with van der Waals surface area (Å²) in [6.45, 7) is 5.67. The summed E-state index contributed by atoms with van der Waals surface area (Å²) in [4.78, 5) is 4.10. The van der Waals surface area contributed by atoms with Crippen molar-refractivity contribution in [3.05, 3.63) is 29.0 Å². The minimum atomic E-state index is 0.655. The van der Waals surface area contributed by atoms with Crippen LogP contribution in [0, 0.1) is 11.8 Å². The predicted octanol–water partition coefficient (Wildman–Crippen LogP) is 4.86. The normalized spacial score (nSPS) is 26.0. The molecule has 2 nitrogen and oxygen atoms in total. The largest absolute Gasteiger partial charge is 0.314 e. The van der Waals surface area contributed by atoms with Gasteiger partial charge in [0.1, 0.15) is 0 Å². The fourth-order valence-electron chi connectivity index (χ4n) is 3.71. The van der Waals surface area contributed by atoms with E-state index in [1.807, 2.05) is 6.20 Å². The quantitative estimate of drug-likeness (QED) is 0.778. The summed E-state index contributed by atoms with van der Waals surface area (Å²) in [6.07, 6.45) is 12.7. The number of aromatic nitrogens is 1. The standard InChI is InChI=1S/C18H29ClN2/c1-3-5-14-6-7-18(21-9-4-2)16(11-14)12-15-8-10-20-13-17(15)19/h8,10,13-14,16,18,21H,3-7,9,11-12H2,1-2H3. The van der Waals surface area contributed by atoms with Gasteiger partial charge in [-0.15, -0.1) is 0 Å². The van der Waals surface area contributed by atoms with Crippen molar-refractivity contribution in [3.8, 4) is 0 Å². The summed E-state index contributed by atoms with van der Waals surface area (Å²) in [5.74, 6) is 1.61. The third kappa shape index (κ3) is 4.96. The third-order valence-electron chi connectivity index (χ3n) is 4.78. The van der Waals surface area contributed by atoms with Gasteiger partial charge in [-0.2, -0.15) is 0 Å². The second kappa shape index (κ2) is 8.75. The molecule has 0 aliphatic heterocycles. The maximum atomic E-state index is 6.31. The van der Waals surface area contributed by atoms with Crippen LogP contribution >= 0.6 is 11.6 Å². The molecule has 3 atom stereocenters. The van der Waals surface area contributed by atoms with Gasteiger partial charge in [0, 0.05) is 18.4 Å². The summed E-state index contributed by atoms with van der Waals surface area (Å²) >= 11 is 6.31. The molecule has 0 spiro atoms. The lowest BCUT2D eigenvalue weighted by Gasteiger charge is -2.37. The Morgan fingerprint density at radius 3 is 2.86 bits per heavy atom. The van der Waals surface area contributed by atoms with Gasteiger partial charge in [-0.1, -0.05) is 38.3 Å². The van der Waals surface area contributed by atoms with Gasteiger partial charge in [-0.25, -0.2) is 0 Å². The number of halogens is 1. The molecule has 1 saturated carbocycles. The van der Waals surface area contributed by atoms with Gasteiger partial charge in [0.05, 0.1) is 5.02 Å². The molecule has 1 aliphatic carbocycles. The Kier molecular flexibility index (Phi) is 6.98. The Morgan fingerprint density at radius 2 is 2.14 bits per heavy atom. The van der Waals surface area contributed by atoms with Crippen molar-refractivity contribution >= 4 is 11.6 Å². The molecular formula is C18H29ClN2. The van der Waals surface area contributed by atoms with Crippen molar-refractivity contribution in [2.75, 3.05) is 6.54 Å². The van der Waals surface area contributed by atoms with E-state index in [-0.39, 0.29) is 0 Å². The maximum Gasteiger partial charge on any atom is 0.0621 e. The van der Waals surface area contributed by atoms with Crippen LogP contribution in [0.2, 0.25) is 5.02 Å². The molecular weight excluding hydrogens is 280 g/mol. The lowest BCUT2D eigenvalue weighted by molar-refractivity contribution is 0.194. The molecule has 1 aliphatic rings. The zero-order valence-corrected chi connectivity index (χ0v) is 14.2. The Morgan fingerprint density at radius 1 is 1.29 bits per heavy atom. The number of pyridine rings is 1. The third-order valence-corrected chi connectivity index (χ3v) is 5.12. The van der Waals surface area contributed by atoms with Gasteiger partial charge in [-0.05, 0) is 62.1 Å². The molecule has 1 heterocycles. The van der Waals surface area contributed by atoms with Gasteiger partial charge in [0.25, 0.3) is 0 Å². The Labute approximate surface area is 134 Å². The van der Waals surface area contributed by atoms with Crippen molar-refractivity contribution in [2.24, 2.45) is 11.8 Å². The van der Waals surface area contributed by atoms with Crippen LogP contribution in [0.4, 0.5) is 0 Å². The Bertz CT molecular complexity index is 421. The minimum Gasteiger partial charge on any atom is -0.314 e. The smallest absolute Gasteiger partial charge is 0.0621 e. The number of rotatable bonds is 7. The van der Waals surface area contributed by atoms with Crippen LogP contribution in [0.15, 0.2) is 18.5 Å². The molecule has 2 rings (SSSR count). The zero-order valence-electron chi connectivity index (χ0n) is 13.4. The fraction of sp³-hybridized carbons (Fsp3) is 0.722. The second-order valence-corrected chi connectivity index (χ2v) is 6.87. The molecule has 1 N–H and O–H groups in total. The molecule has 0 amide bonds. The minimum absolute atomic E-state index is 0.655. The van der Waals surface area contributed by atoms with E-state index >= 15 is 0 Å². The highest BCUT2D eigenvalue weighted by molar-refractivity contribution is 6.31. The SMILES string of the molecule is CCCNC1CCC(CCC)CC1Cc1ccncc1Cl. The van der Waals surface area contributed by atoms with Crippen LogP contribution in [0.3, 0.4) is 0 Å². The van der Waals surface area contributed by atoms with Crippen molar-refractivity contribution in [1.82, 2.24) is 10.3 Å². The van der Waals surface area contributed by atoms with E-state index < -0.39 is 0 Å². The summed E-state index contributed by atoms with van der Waals surface area (Å²) in [7, 11) is 0. The molecule has 1 fully saturated rings. The van der Waals surface area contributed by atoms with Crippen molar-refractivity contribution in [2.45, 2.75) is 64.8 Å². The summed E-state index contributed by atoms with van der Waals surface area (Å²) in [6, 6.07) is 2.74. The van der Waals surface area contributed by atoms with Crippen LogP contribution in [-0.4, -0.2) is 17.6 Å². The molecule has 118 valence electrons. The molecule has 0 saturated heterocycles. The molecule has 0 radical (unpaired) electrons. The molecule has 0 bridgehead atoms. The predicted molar refractivity (Wildman–Crippen MR) is 90.8 cm³/mol. The van der Waals surface area contributed by atoms with Crippen LogP contribution in [-0.2, 0) is 6.42 Å². The van der Waals surface area contributed by atoms with Crippen molar-refractivity contribution < 1.29 is 0 Å².